The van der Waals surface area contributed by atoms with Gasteiger partial charge in [0.25, 0.3) is 5.91 Å². The standard InChI is InChI=1S/C16H18N4O2/c1-10(2)15-17-8-14(9-18-15)20-16(22)12-4-6-13(7-5-12)19-11(3)21/h4-10H,1-3H3,(H,19,21)(H,20,22). The van der Waals surface area contributed by atoms with Crippen LogP contribution in [-0.2, 0) is 4.79 Å². The summed E-state index contributed by atoms with van der Waals surface area (Å²) in [7, 11) is 0. The molecule has 0 bridgehead atoms. The second-order valence-electron chi connectivity index (χ2n) is 5.20. The van der Waals surface area contributed by atoms with E-state index in [9.17, 15) is 9.59 Å². The van der Waals surface area contributed by atoms with Gasteiger partial charge in [-0.15, -0.1) is 0 Å². The van der Waals surface area contributed by atoms with E-state index < -0.39 is 0 Å². The van der Waals surface area contributed by atoms with Crippen LogP contribution in [0.1, 0.15) is 42.9 Å². The fraction of sp³-hybridized carbons (Fsp3) is 0.250. The third-order valence-corrected chi connectivity index (χ3v) is 2.91. The Morgan fingerprint density at radius 2 is 1.55 bits per heavy atom. The van der Waals surface area contributed by atoms with E-state index in [4.69, 9.17) is 0 Å². The van der Waals surface area contributed by atoms with Gasteiger partial charge in [-0.2, -0.15) is 0 Å². The molecule has 0 unspecified atom stereocenters. The maximum Gasteiger partial charge on any atom is 0.255 e. The lowest BCUT2D eigenvalue weighted by Crippen LogP contribution is -2.13. The van der Waals surface area contributed by atoms with Crippen LogP contribution in [0.3, 0.4) is 0 Å². The molecule has 2 amide bonds. The van der Waals surface area contributed by atoms with Crippen molar-refractivity contribution < 1.29 is 9.59 Å². The first-order valence-electron chi connectivity index (χ1n) is 6.96. The van der Waals surface area contributed by atoms with Crippen LogP contribution in [0.25, 0.3) is 0 Å². The monoisotopic (exact) mass is 298 g/mol. The van der Waals surface area contributed by atoms with Gasteiger partial charge in [0.2, 0.25) is 5.91 Å². The quantitative estimate of drug-likeness (QED) is 0.909. The van der Waals surface area contributed by atoms with E-state index in [1.807, 2.05) is 13.8 Å². The first kappa shape index (κ1) is 15.6. The van der Waals surface area contributed by atoms with Crippen LogP contribution >= 0.6 is 0 Å². The number of nitrogens with one attached hydrogen (secondary N) is 2. The summed E-state index contributed by atoms with van der Waals surface area (Å²) in [5.74, 6) is 0.568. The molecule has 2 rings (SSSR count). The summed E-state index contributed by atoms with van der Waals surface area (Å²) >= 11 is 0. The number of benzene rings is 1. The lowest BCUT2D eigenvalue weighted by Gasteiger charge is -2.07. The minimum absolute atomic E-state index is 0.153. The number of hydrogen-bond donors (Lipinski definition) is 2. The molecule has 0 saturated carbocycles. The first-order chi connectivity index (χ1) is 10.5. The summed E-state index contributed by atoms with van der Waals surface area (Å²) in [4.78, 5) is 31.5. The Morgan fingerprint density at radius 1 is 0.955 bits per heavy atom. The highest BCUT2D eigenvalue weighted by Crippen LogP contribution is 2.13. The lowest BCUT2D eigenvalue weighted by atomic mass is 10.2. The average Bonchev–Trinajstić information content (AvgIpc) is 2.48. The highest BCUT2D eigenvalue weighted by Gasteiger charge is 2.08. The van der Waals surface area contributed by atoms with Crippen LogP contribution in [0.5, 0.6) is 0 Å². The Hall–Kier alpha value is -2.76. The number of nitrogens with zero attached hydrogens (tertiary/aromatic N) is 2. The van der Waals surface area contributed by atoms with Crippen LogP contribution in [0.4, 0.5) is 11.4 Å². The molecule has 1 heterocycles. The van der Waals surface area contributed by atoms with Gasteiger partial charge in [0, 0.05) is 24.1 Å². The zero-order valence-electron chi connectivity index (χ0n) is 12.8. The third kappa shape index (κ3) is 4.12. The van der Waals surface area contributed by atoms with E-state index in [0.717, 1.165) is 5.82 Å². The number of anilines is 2. The van der Waals surface area contributed by atoms with Crippen molar-refractivity contribution in [3.8, 4) is 0 Å². The Kier molecular flexibility index (Phi) is 4.83. The van der Waals surface area contributed by atoms with Crippen LogP contribution < -0.4 is 10.6 Å². The topological polar surface area (TPSA) is 84.0 Å². The molecule has 6 nitrogen and oxygen atoms in total. The Balaban J connectivity index is 2.03. The zero-order chi connectivity index (χ0) is 16.1. The third-order valence-electron chi connectivity index (χ3n) is 2.91. The summed E-state index contributed by atoms with van der Waals surface area (Å²) in [6.45, 7) is 5.44. The second-order valence-corrected chi connectivity index (χ2v) is 5.20. The number of hydrogen-bond acceptors (Lipinski definition) is 4. The van der Waals surface area contributed by atoms with Crippen molar-refractivity contribution in [3.05, 3.63) is 48.0 Å². The van der Waals surface area contributed by atoms with Gasteiger partial charge in [0.05, 0.1) is 18.1 Å². The summed E-state index contributed by atoms with van der Waals surface area (Å²) < 4.78 is 0. The number of rotatable bonds is 4. The van der Waals surface area contributed by atoms with Gasteiger partial charge in [-0.1, -0.05) is 13.8 Å². The number of carbonyl (C=O) groups excluding carboxylic acids is 2. The molecule has 2 N–H and O–H groups in total. The van der Waals surface area contributed by atoms with Gasteiger partial charge in [0.1, 0.15) is 5.82 Å². The van der Waals surface area contributed by atoms with E-state index in [0.29, 0.717) is 16.9 Å². The van der Waals surface area contributed by atoms with Crippen LogP contribution in [0.15, 0.2) is 36.7 Å². The number of amides is 2. The van der Waals surface area contributed by atoms with Crippen LogP contribution in [0, 0.1) is 0 Å². The Bertz CT molecular complexity index is 664. The van der Waals surface area contributed by atoms with Gasteiger partial charge >= 0.3 is 0 Å². The largest absolute Gasteiger partial charge is 0.326 e. The van der Waals surface area contributed by atoms with Crippen molar-refractivity contribution in [1.29, 1.82) is 0 Å². The Morgan fingerprint density at radius 3 is 2.05 bits per heavy atom. The summed E-state index contributed by atoms with van der Waals surface area (Å²) in [6, 6.07) is 6.64. The van der Waals surface area contributed by atoms with Gasteiger partial charge < -0.3 is 10.6 Å². The van der Waals surface area contributed by atoms with Crippen molar-refractivity contribution in [2.45, 2.75) is 26.7 Å². The minimum atomic E-state index is -0.254. The van der Waals surface area contributed by atoms with E-state index in [-0.39, 0.29) is 17.7 Å². The molecule has 6 heteroatoms. The maximum absolute atomic E-state index is 12.1. The van der Waals surface area contributed by atoms with Gasteiger partial charge in [0.15, 0.2) is 0 Å². The fourth-order valence-electron chi connectivity index (χ4n) is 1.81. The molecule has 1 aromatic heterocycles. The van der Waals surface area contributed by atoms with Crippen LogP contribution in [0.2, 0.25) is 0 Å². The highest BCUT2D eigenvalue weighted by atomic mass is 16.2. The second kappa shape index (κ2) is 6.80. The van der Waals surface area contributed by atoms with Crippen LogP contribution in [-0.4, -0.2) is 21.8 Å². The molecule has 2 aromatic rings. The summed E-state index contributed by atoms with van der Waals surface area (Å²) in [6.07, 6.45) is 3.18. The molecule has 22 heavy (non-hydrogen) atoms. The zero-order valence-corrected chi connectivity index (χ0v) is 12.8. The van der Waals surface area contributed by atoms with Gasteiger partial charge in [-0.25, -0.2) is 9.97 Å². The number of aromatic nitrogens is 2. The smallest absolute Gasteiger partial charge is 0.255 e. The molecule has 0 fully saturated rings. The SMILES string of the molecule is CC(=O)Nc1ccc(C(=O)Nc2cnc(C(C)C)nc2)cc1. The summed E-state index contributed by atoms with van der Waals surface area (Å²) in [5.41, 5.74) is 1.68. The molecular weight excluding hydrogens is 280 g/mol. The minimum Gasteiger partial charge on any atom is -0.326 e. The normalized spacial score (nSPS) is 10.4. The molecule has 0 aliphatic carbocycles. The highest BCUT2D eigenvalue weighted by molar-refractivity contribution is 6.04. The van der Waals surface area contributed by atoms with Crippen molar-refractivity contribution >= 4 is 23.2 Å². The van der Waals surface area contributed by atoms with Gasteiger partial charge in [-0.05, 0) is 24.3 Å². The first-order valence-corrected chi connectivity index (χ1v) is 6.96. The average molecular weight is 298 g/mol. The maximum atomic E-state index is 12.1. The molecule has 114 valence electrons. The summed E-state index contributed by atoms with van der Waals surface area (Å²) in [5, 5.41) is 5.38. The predicted octanol–water partition coefficient (Wildman–Crippen LogP) is 2.81. The van der Waals surface area contributed by atoms with E-state index in [1.165, 1.54) is 6.92 Å². The lowest BCUT2D eigenvalue weighted by molar-refractivity contribution is -0.114. The van der Waals surface area contributed by atoms with Crippen molar-refractivity contribution in [2.75, 3.05) is 10.6 Å². The van der Waals surface area contributed by atoms with E-state index >= 15 is 0 Å². The molecule has 0 atom stereocenters. The molecular formula is C16H18N4O2. The molecule has 0 aliphatic rings. The van der Waals surface area contributed by atoms with Crippen molar-refractivity contribution in [3.63, 3.8) is 0 Å². The molecule has 0 spiro atoms. The molecule has 0 aliphatic heterocycles. The molecule has 1 aromatic carbocycles. The molecule has 0 saturated heterocycles. The number of carbonyl (C=O) groups is 2. The fourth-order valence-corrected chi connectivity index (χ4v) is 1.81. The van der Waals surface area contributed by atoms with E-state index in [2.05, 4.69) is 20.6 Å². The van der Waals surface area contributed by atoms with Gasteiger partial charge in [-0.3, -0.25) is 9.59 Å². The predicted molar refractivity (Wildman–Crippen MR) is 84.8 cm³/mol. The van der Waals surface area contributed by atoms with Crippen molar-refractivity contribution in [1.82, 2.24) is 9.97 Å². The molecule has 0 radical (unpaired) electrons. The Labute approximate surface area is 129 Å². The van der Waals surface area contributed by atoms with E-state index in [1.54, 1.807) is 36.7 Å². The van der Waals surface area contributed by atoms with Crippen molar-refractivity contribution in [2.24, 2.45) is 0 Å².